The molecule has 3 aliphatic heterocycles. The van der Waals surface area contributed by atoms with Crippen molar-refractivity contribution in [1.82, 2.24) is 25.8 Å². The van der Waals surface area contributed by atoms with Gasteiger partial charge in [-0.2, -0.15) is 0 Å². The molecule has 11 nitrogen and oxygen atoms in total. The molecule has 3 aromatic rings. The number of benzene rings is 1. The quantitative estimate of drug-likeness (QED) is 0.497. The maximum absolute atomic E-state index is 13.3. The fraction of sp³-hybridized carbons (Fsp3) is 0.364. The van der Waals surface area contributed by atoms with Crippen molar-refractivity contribution in [3.63, 3.8) is 0 Å². The minimum Gasteiger partial charge on any atom is -0.372 e. The van der Waals surface area contributed by atoms with E-state index in [-0.39, 0.29) is 12.5 Å². The van der Waals surface area contributed by atoms with Gasteiger partial charge in [0, 0.05) is 12.7 Å². The first kappa shape index (κ1) is 21.0. The van der Waals surface area contributed by atoms with Crippen molar-refractivity contribution in [3.05, 3.63) is 35.2 Å². The molecular weight excluding hydrogens is 464 g/mol. The molecule has 2 N–H and O–H groups in total. The van der Waals surface area contributed by atoms with E-state index < -0.39 is 35.4 Å². The summed E-state index contributed by atoms with van der Waals surface area (Å²) in [5, 5.41) is 9.66. The fourth-order valence-electron chi connectivity index (χ4n) is 5.56. The summed E-state index contributed by atoms with van der Waals surface area (Å²) in [6.07, 6.45) is 2.32. The number of barbiturate groups is 1. The van der Waals surface area contributed by atoms with E-state index in [1.54, 1.807) is 12.3 Å². The Bertz CT molecular complexity index is 1360. The molecule has 12 heteroatoms. The van der Waals surface area contributed by atoms with Gasteiger partial charge in [0.05, 0.1) is 35.0 Å². The van der Waals surface area contributed by atoms with E-state index >= 15 is 0 Å². The lowest BCUT2D eigenvalue weighted by Gasteiger charge is -2.55. The largest absolute Gasteiger partial charge is 0.372 e. The van der Waals surface area contributed by atoms with Crippen LogP contribution in [0.15, 0.2) is 29.2 Å². The Morgan fingerprint density at radius 2 is 1.97 bits per heavy atom. The summed E-state index contributed by atoms with van der Waals surface area (Å²) < 4.78 is 11.7. The molecule has 4 amide bonds. The highest BCUT2D eigenvalue weighted by Gasteiger charge is 2.63. The number of fused-ring (bicyclic) bond motifs is 5. The van der Waals surface area contributed by atoms with Crippen molar-refractivity contribution in [1.29, 1.82) is 0 Å². The van der Waals surface area contributed by atoms with Gasteiger partial charge < -0.3 is 14.2 Å². The standard InChI is InChI=1S/C22H19ClN6O5/c1-9-7-29-16-11(5-12-15(13-3-4-24-8-25-13)28-34-17(12)14(16)23)6-22(18(29)10(2)33-9)19(30)26-21(32)27-20(22)31/h3-5,8-10,18H,6-7H2,1-2H3,(H2,26,27,30,31,32)/t9-,10+,18-/m0/s1. The Balaban J connectivity index is 1.61. The molecule has 0 bridgehead atoms. The highest BCUT2D eigenvalue weighted by atomic mass is 35.5. The second-order valence-corrected chi connectivity index (χ2v) is 9.21. The van der Waals surface area contributed by atoms with Gasteiger partial charge in [0.1, 0.15) is 17.0 Å². The predicted octanol–water partition coefficient (Wildman–Crippen LogP) is 1.83. The van der Waals surface area contributed by atoms with E-state index in [1.807, 2.05) is 24.8 Å². The number of nitrogens with one attached hydrogen (secondary N) is 2. The third-order valence-electron chi connectivity index (χ3n) is 6.79. The first-order valence-corrected chi connectivity index (χ1v) is 11.1. The van der Waals surface area contributed by atoms with Crippen LogP contribution < -0.4 is 15.5 Å². The number of morpholine rings is 1. The molecule has 1 aromatic carbocycles. The highest BCUT2D eigenvalue weighted by Crippen LogP contribution is 2.51. The van der Waals surface area contributed by atoms with E-state index in [0.717, 1.165) is 0 Å². The second kappa shape index (κ2) is 7.21. The van der Waals surface area contributed by atoms with Crippen molar-refractivity contribution in [2.75, 3.05) is 11.4 Å². The summed E-state index contributed by atoms with van der Waals surface area (Å²) in [7, 11) is 0. The van der Waals surface area contributed by atoms with Crippen LogP contribution in [0.5, 0.6) is 0 Å². The van der Waals surface area contributed by atoms with Gasteiger partial charge in [-0.3, -0.25) is 20.2 Å². The number of carbonyl (C=O) groups excluding carboxylic acids is 3. The van der Waals surface area contributed by atoms with Crippen LogP contribution in [0.3, 0.4) is 0 Å². The van der Waals surface area contributed by atoms with Crippen LogP contribution in [0, 0.1) is 5.41 Å². The van der Waals surface area contributed by atoms with Crippen molar-refractivity contribution >= 4 is 46.1 Å². The summed E-state index contributed by atoms with van der Waals surface area (Å²) in [5.41, 5.74) is 1.12. The van der Waals surface area contributed by atoms with Gasteiger partial charge in [0.15, 0.2) is 11.0 Å². The van der Waals surface area contributed by atoms with Crippen LogP contribution in [0.25, 0.3) is 22.4 Å². The average Bonchev–Trinajstić information content (AvgIpc) is 3.21. The molecule has 2 saturated heterocycles. The number of rotatable bonds is 1. The normalized spacial score (nSPS) is 25.7. The smallest absolute Gasteiger partial charge is 0.328 e. The summed E-state index contributed by atoms with van der Waals surface area (Å²) >= 11 is 6.89. The summed E-state index contributed by atoms with van der Waals surface area (Å²) in [6.45, 7) is 4.11. The molecular formula is C22H19ClN6O5. The van der Waals surface area contributed by atoms with E-state index in [4.69, 9.17) is 20.9 Å². The average molecular weight is 483 g/mol. The lowest BCUT2D eigenvalue weighted by molar-refractivity contribution is -0.153. The zero-order valence-corrected chi connectivity index (χ0v) is 18.9. The maximum Gasteiger partial charge on any atom is 0.328 e. The van der Waals surface area contributed by atoms with E-state index in [2.05, 4.69) is 25.8 Å². The Morgan fingerprint density at radius 1 is 1.21 bits per heavy atom. The van der Waals surface area contributed by atoms with Gasteiger partial charge in [-0.1, -0.05) is 16.8 Å². The number of aromatic nitrogens is 3. The van der Waals surface area contributed by atoms with Crippen molar-refractivity contribution in [3.8, 4) is 11.4 Å². The number of ether oxygens (including phenoxy) is 1. The van der Waals surface area contributed by atoms with Crippen LogP contribution in [0.1, 0.15) is 19.4 Å². The molecule has 0 unspecified atom stereocenters. The molecule has 174 valence electrons. The van der Waals surface area contributed by atoms with Gasteiger partial charge in [-0.05, 0) is 38.0 Å². The number of carbonyl (C=O) groups is 3. The van der Waals surface area contributed by atoms with Gasteiger partial charge in [-0.25, -0.2) is 14.8 Å². The first-order valence-electron chi connectivity index (χ1n) is 10.8. The lowest BCUT2D eigenvalue weighted by Crippen LogP contribution is -2.75. The van der Waals surface area contributed by atoms with E-state index in [0.29, 0.717) is 45.2 Å². The topological polar surface area (TPSA) is 140 Å². The van der Waals surface area contributed by atoms with Crippen LogP contribution in [-0.4, -0.2) is 57.8 Å². The molecule has 2 aromatic heterocycles. The summed E-state index contributed by atoms with van der Waals surface area (Å²) in [6, 6.07) is 1.99. The molecule has 3 atom stereocenters. The Kier molecular flexibility index (Phi) is 4.45. The molecule has 1 spiro atoms. The fourth-order valence-corrected chi connectivity index (χ4v) is 5.93. The predicted molar refractivity (Wildman–Crippen MR) is 119 cm³/mol. The van der Waals surface area contributed by atoms with Crippen LogP contribution >= 0.6 is 11.6 Å². The van der Waals surface area contributed by atoms with Crippen molar-refractivity contribution < 1.29 is 23.6 Å². The Morgan fingerprint density at radius 3 is 2.68 bits per heavy atom. The van der Waals surface area contributed by atoms with Crippen LogP contribution in [-0.2, 0) is 20.7 Å². The number of nitrogens with zero attached hydrogens (tertiary/aromatic N) is 4. The third kappa shape index (κ3) is 2.74. The molecule has 6 rings (SSSR count). The van der Waals surface area contributed by atoms with Gasteiger partial charge in [0.2, 0.25) is 11.8 Å². The number of hydrogen-bond acceptors (Lipinski definition) is 9. The number of halogens is 1. The zero-order chi connectivity index (χ0) is 23.8. The lowest BCUT2D eigenvalue weighted by atomic mass is 9.66. The molecule has 3 aliphatic rings. The highest BCUT2D eigenvalue weighted by molar-refractivity contribution is 6.38. The third-order valence-corrected chi connectivity index (χ3v) is 7.14. The van der Waals surface area contributed by atoms with Gasteiger partial charge >= 0.3 is 6.03 Å². The van der Waals surface area contributed by atoms with E-state index in [9.17, 15) is 14.4 Å². The zero-order valence-electron chi connectivity index (χ0n) is 18.2. The minimum absolute atomic E-state index is 0.0145. The minimum atomic E-state index is -1.59. The van der Waals surface area contributed by atoms with Crippen LogP contribution in [0.2, 0.25) is 5.02 Å². The number of urea groups is 1. The monoisotopic (exact) mass is 482 g/mol. The number of anilines is 1. The maximum atomic E-state index is 13.3. The van der Waals surface area contributed by atoms with Crippen molar-refractivity contribution in [2.24, 2.45) is 5.41 Å². The number of amides is 4. The first-order chi connectivity index (χ1) is 16.3. The molecule has 34 heavy (non-hydrogen) atoms. The molecule has 5 heterocycles. The van der Waals surface area contributed by atoms with Crippen molar-refractivity contribution in [2.45, 2.75) is 38.5 Å². The van der Waals surface area contributed by atoms with Crippen LogP contribution in [0.4, 0.5) is 10.5 Å². The Hall–Kier alpha value is -3.57. The molecule has 0 radical (unpaired) electrons. The van der Waals surface area contributed by atoms with E-state index in [1.165, 1.54) is 6.33 Å². The summed E-state index contributed by atoms with van der Waals surface area (Å²) in [4.78, 5) is 48.6. The SMILES string of the molecule is C[C@H]1CN2c3c(cc4c(-c5ccncn5)noc4c3Cl)CC3(C(=O)NC(=O)NC3=O)[C@@H]2[C@@H](C)O1. The number of hydrogen-bond donors (Lipinski definition) is 2. The molecule has 0 saturated carbocycles. The summed E-state index contributed by atoms with van der Waals surface area (Å²) in [5.74, 6) is -1.33. The molecule has 0 aliphatic carbocycles. The van der Waals surface area contributed by atoms with Gasteiger partial charge in [0.25, 0.3) is 0 Å². The second-order valence-electron chi connectivity index (χ2n) is 8.84. The Labute approximate surface area is 197 Å². The van der Waals surface area contributed by atoms with Gasteiger partial charge in [-0.15, -0.1) is 0 Å². The molecule has 2 fully saturated rings. The number of imide groups is 2.